The van der Waals surface area contributed by atoms with Crippen LogP contribution in [0, 0.1) is 0 Å². The van der Waals surface area contributed by atoms with Crippen LogP contribution in [0.15, 0.2) is 24.5 Å². The molecule has 0 spiro atoms. The Bertz CT molecular complexity index is 571. The molecule has 2 heterocycles. The van der Waals surface area contributed by atoms with Crippen LogP contribution in [0.2, 0.25) is 0 Å². The normalized spacial score (nSPS) is 21.8. The largest absolute Gasteiger partial charge is 0.444 e. The molecule has 0 saturated carbocycles. The number of hydrogen-bond donors (Lipinski definition) is 2. The molecule has 132 valence electrons. The predicted octanol–water partition coefficient (Wildman–Crippen LogP) is 1.57. The van der Waals surface area contributed by atoms with Gasteiger partial charge in [0.15, 0.2) is 0 Å². The number of carbonyl (C=O) groups excluding carboxylic acids is 2. The first-order chi connectivity index (χ1) is 11.3. The second-order valence-electron chi connectivity index (χ2n) is 6.95. The van der Waals surface area contributed by atoms with Crippen molar-refractivity contribution in [3.05, 3.63) is 30.1 Å². The fourth-order valence-corrected chi connectivity index (χ4v) is 2.53. The smallest absolute Gasteiger partial charge is 0.410 e. The number of likely N-dealkylation sites (tertiary alicyclic amines) is 1. The third-order valence-corrected chi connectivity index (χ3v) is 3.72. The van der Waals surface area contributed by atoms with E-state index >= 15 is 0 Å². The topological polar surface area (TPSA) is 91.8 Å². The Morgan fingerprint density at radius 2 is 2.00 bits per heavy atom. The molecule has 2 N–H and O–H groups in total. The average molecular weight is 335 g/mol. The summed E-state index contributed by atoms with van der Waals surface area (Å²) in [5.74, 6) is -0.299. The van der Waals surface area contributed by atoms with Crippen molar-refractivity contribution in [1.82, 2.24) is 15.2 Å². The number of pyridine rings is 1. The van der Waals surface area contributed by atoms with Crippen molar-refractivity contribution in [2.24, 2.45) is 0 Å². The third kappa shape index (κ3) is 5.19. The summed E-state index contributed by atoms with van der Waals surface area (Å²) in [5.41, 5.74) is -0.122. The molecule has 24 heavy (non-hydrogen) atoms. The Morgan fingerprint density at radius 3 is 2.62 bits per heavy atom. The molecule has 1 aliphatic rings. The monoisotopic (exact) mass is 335 g/mol. The van der Waals surface area contributed by atoms with Gasteiger partial charge in [0, 0.05) is 31.0 Å². The molecule has 2 amide bonds. The van der Waals surface area contributed by atoms with Gasteiger partial charge in [-0.05, 0) is 45.7 Å². The quantitative estimate of drug-likeness (QED) is 0.856. The van der Waals surface area contributed by atoms with Crippen LogP contribution in [-0.2, 0) is 4.74 Å². The standard InChI is InChI=1S/C17H25N3O4/c1-17(2,3)24-16(23)20-10-4-5-14(21)13(11-20)19-15(22)12-6-8-18-9-7-12/h6-9,13-14,21H,4-5,10-11H2,1-3H3,(H,19,22). The Hall–Kier alpha value is -2.15. The number of hydrogen-bond acceptors (Lipinski definition) is 5. The summed E-state index contributed by atoms with van der Waals surface area (Å²) in [4.78, 5) is 30.0. The lowest BCUT2D eigenvalue weighted by Crippen LogP contribution is -2.50. The van der Waals surface area contributed by atoms with E-state index < -0.39 is 23.8 Å². The van der Waals surface area contributed by atoms with Crippen LogP contribution in [0.3, 0.4) is 0 Å². The molecule has 0 aliphatic carbocycles. The molecule has 2 atom stereocenters. The molecule has 7 nitrogen and oxygen atoms in total. The van der Waals surface area contributed by atoms with Crippen LogP contribution < -0.4 is 5.32 Å². The number of aliphatic hydroxyl groups is 1. The number of aliphatic hydroxyl groups excluding tert-OH is 1. The van der Waals surface area contributed by atoms with Crippen molar-refractivity contribution in [1.29, 1.82) is 0 Å². The Morgan fingerprint density at radius 1 is 1.33 bits per heavy atom. The number of carbonyl (C=O) groups is 2. The van der Waals surface area contributed by atoms with E-state index in [9.17, 15) is 14.7 Å². The Labute approximate surface area is 142 Å². The van der Waals surface area contributed by atoms with Crippen LogP contribution >= 0.6 is 0 Å². The fourth-order valence-electron chi connectivity index (χ4n) is 2.53. The molecule has 0 radical (unpaired) electrons. The van der Waals surface area contributed by atoms with Gasteiger partial charge in [0.2, 0.25) is 0 Å². The van der Waals surface area contributed by atoms with Gasteiger partial charge in [0.05, 0.1) is 12.1 Å². The first kappa shape index (κ1) is 18.2. The summed E-state index contributed by atoms with van der Waals surface area (Å²) >= 11 is 0. The fraction of sp³-hybridized carbons (Fsp3) is 0.588. The zero-order valence-electron chi connectivity index (χ0n) is 14.4. The molecular formula is C17H25N3O4. The maximum atomic E-state index is 12.3. The minimum Gasteiger partial charge on any atom is -0.444 e. The molecular weight excluding hydrogens is 310 g/mol. The van der Waals surface area contributed by atoms with Crippen molar-refractivity contribution in [2.45, 2.75) is 51.4 Å². The van der Waals surface area contributed by atoms with E-state index in [1.807, 2.05) is 0 Å². The van der Waals surface area contributed by atoms with Crippen molar-refractivity contribution < 1.29 is 19.4 Å². The summed E-state index contributed by atoms with van der Waals surface area (Å²) in [6.45, 7) is 6.13. The van der Waals surface area contributed by atoms with Crippen LogP contribution in [0.1, 0.15) is 44.0 Å². The minimum atomic E-state index is -0.705. The highest BCUT2D eigenvalue weighted by molar-refractivity contribution is 5.94. The van der Waals surface area contributed by atoms with Gasteiger partial charge >= 0.3 is 6.09 Å². The number of ether oxygens (including phenoxy) is 1. The molecule has 1 saturated heterocycles. The van der Waals surface area contributed by atoms with Gasteiger partial charge in [0.25, 0.3) is 5.91 Å². The third-order valence-electron chi connectivity index (χ3n) is 3.72. The van der Waals surface area contributed by atoms with Crippen molar-refractivity contribution >= 4 is 12.0 Å². The van der Waals surface area contributed by atoms with E-state index in [2.05, 4.69) is 10.3 Å². The van der Waals surface area contributed by atoms with Gasteiger partial charge in [0.1, 0.15) is 5.60 Å². The highest BCUT2D eigenvalue weighted by atomic mass is 16.6. The van der Waals surface area contributed by atoms with Crippen molar-refractivity contribution in [3.63, 3.8) is 0 Å². The summed E-state index contributed by atoms with van der Waals surface area (Å²) in [6, 6.07) is 2.66. The summed E-state index contributed by atoms with van der Waals surface area (Å²) in [6.07, 6.45) is 3.10. The lowest BCUT2D eigenvalue weighted by molar-refractivity contribution is 0.0223. The highest BCUT2D eigenvalue weighted by Crippen LogP contribution is 2.16. The van der Waals surface area contributed by atoms with Gasteiger partial charge in [-0.25, -0.2) is 4.79 Å². The Balaban J connectivity index is 2.04. The number of nitrogens with zero attached hydrogens (tertiary/aromatic N) is 2. The van der Waals surface area contributed by atoms with Crippen LogP contribution in [0.25, 0.3) is 0 Å². The van der Waals surface area contributed by atoms with Crippen molar-refractivity contribution in [2.75, 3.05) is 13.1 Å². The second kappa shape index (κ2) is 7.61. The molecule has 1 aromatic heterocycles. The first-order valence-electron chi connectivity index (χ1n) is 8.13. The van der Waals surface area contributed by atoms with Crippen LogP contribution in [-0.4, -0.2) is 57.8 Å². The number of aromatic nitrogens is 1. The lowest BCUT2D eigenvalue weighted by Gasteiger charge is -2.29. The van der Waals surface area contributed by atoms with Crippen LogP contribution in [0.4, 0.5) is 4.79 Å². The summed E-state index contributed by atoms with van der Waals surface area (Å²) in [7, 11) is 0. The van der Waals surface area contributed by atoms with E-state index in [0.717, 1.165) is 0 Å². The van der Waals surface area contributed by atoms with Gasteiger partial charge < -0.3 is 20.1 Å². The minimum absolute atomic E-state index is 0.215. The zero-order chi connectivity index (χ0) is 17.7. The summed E-state index contributed by atoms with van der Waals surface area (Å²) < 4.78 is 5.39. The predicted molar refractivity (Wildman–Crippen MR) is 88.5 cm³/mol. The molecule has 1 aliphatic heterocycles. The molecule has 2 rings (SSSR count). The molecule has 2 unspecified atom stereocenters. The van der Waals surface area contributed by atoms with Gasteiger partial charge in [-0.1, -0.05) is 0 Å². The SMILES string of the molecule is CC(C)(C)OC(=O)N1CCCC(O)C(NC(=O)c2ccncc2)C1. The number of nitrogens with one attached hydrogen (secondary N) is 1. The Kier molecular flexibility index (Phi) is 5.77. The molecule has 1 fully saturated rings. The van der Waals surface area contributed by atoms with Crippen LogP contribution in [0.5, 0.6) is 0 Å². The van der Waals surface area contributed by atoms with E-state index in [-0.39, 0.29) is 12.5 Å². The van der Waals surface area contributed by atoms with Gasteiger partial charge in [-0.3, -0.25) is 9.78 Å². The molecule has 0 aromatic carbocycles. The van der Waals surface area contributed by atoms with Crippen molar-refractivity contribution in [3.8, 4) is 0 Å². The van der Waals surface area contributed by atoms with Gasteiger partial charge in [-0.2, -0.15) is 0 Å². The number of amides is 2. The maximum Gasteiger partial charge on any atom is 0.410 e. The zero-order valence-corrected chi connectivity index (χ0v) is 14.4. The first-order valence-corrected chi connectivity index (χ1v) is 8.13. The number of rotatable bonds is 2. The van der Waals surface area contributed by atoms with E-state index in [4.69, 9.17) is 4.74 Å². The van der Waals surface area contributed by atoms with E-state index in [1.165, 1.54) is 12.4 Å². The van der Waals surface area contributed by atoms with E-state index in [0.29, 0.717) is 24.9 Å². The highest BCUT2D eigenvalue weighted by Gasteiger charge is 2.31. The summed E-state index contributed by atoms with van der Waals surface area (Å²) in [5, 5.41) is 13.1. The van der Waals surface area contributed by atoms with Gasteiger partial charge in [-0.15, -0.1) is 0 Å². The van der Waals surface area contributed by atoms with E-state index in [1.54, 1.807) is 37.8 Å². The second-order valence-corrected chi connectivity index (χ2v) is 6.95. The maximum absolute atomic E-state index is 12.3. The molecule has 0 bridgehead atoms. The average Bonchev–Trinajstić information content (AvgIpc) is 2.69. The lowest BCUT2D eigenvalue weighted by atomic mass is 10.1. The molecule has 1 aromatic rings. The molecule has 7 heteroatoms.